The zero-order valence-electron chi connectivity index (χ0n) is 37.6. The third kappa shape index (κ3) is 5.79. The Bertz CT molecular complexity index is 3950. The first-order valence-corrected chi connectivity index (χ1v) is 23.5. The molecule has 1 aliphatic rings. The molecule has 13 aromatic rings. The van der Waals surface area contributed by atoms with E-state index in [9.17, 15) is 0 Å². The van der Waals surface area contributed by atoms with Crippen molar-refractivity contribution < 1.29 is 8.83 Å². The van der Waals surface area contributed by atoms with Gasteiger partial charge in [-0.3, -0.25) is 0 Å². The molecule has 0 fully saturated rings. The summed E-state index contributed by atoms with van der Waals surface area (Å²) in [5.74, 6) is 0. The lowest BCUT2D eigenvalue weighted by atomic mass is 9.81. The molecule has 0 aliphatic heterocycles. The first-order chi connectivity index (χ1) is 33.5. The molecule has 0 N–H and O–H groups in total. The van der Waals surface area contributed by atoms with Gasteiger partial charge in [-0.1, -0.05) is 184 Å². The van der Waals surface area contributed by atoms with Gasteiger partial charge in [-0.05, 0) is 110 Å². The van der Waals surface area contributed by atoms with E-state index in [4.69, 9.17) is 8.83 Å². The molecule has 3 nitrogen and oxygen atoms in total. The number of hydrogen-bond donors (Lipinski definition) is 0. The van der Waals surface area contributed by atoms with Gasteiger partial charge in [0.25, 0.3) is 0 Å². The first kappa shape index (κ1) is 38.6. The number of nitrogens with zero attached hydrogens (tertiary/aromatic N) is 1. The van der Waals surface area contributed by atoms with Crippen molar-refractivity contribution in [2.24, 2.45) is 0 Å². The Morgan fingerprint density at radius 2 is 0.706 bits per heavy atom. The highest BCUT2D eigenvalue weighted by Crippen LogP contribution is 2.50. The average molecular weight is 870 g/mol. The summed E-state index contributed by atoms with van der Waals surface area (Å²) in [5.41, 5.74) is 19.0. The van der Waals surface area contributed by atoms with E-state index in [2.05, 4.69) is 243 Å². The summed E-state index contributed by atoms with van der Waals surface area (Å²) >= 11 is 0. The molecule has 2 heterocycles. The van der Waals surface area contributed by atoms with Crippen molar-refractivity contribution in [3.63, 3.8) is 0 Å². The number of fused-ring (bicyclic) bond motifs is 13. The smallest absolute Gasteiger partial charge is 0.143 e. The summed E-state index contributed by atoms with van der Waals surface area (Å²) in [6, 6.07) is 81.3. The average Bonchev–Trinajstić information content (AvgIpc) is 4.05. The van der Waals surface area contributed by atoms with Gasteiger partial charge in [0.05, 0.1) is 0 Å². The fourth-order valence-electron chi connectivity index (χ4n) is 11.2. The fraction of sp³-hybridized carbons (Fsp3) is 0.0462. The van der Waals surface area contributed by atoms with Crippen molar-refractivity contribution in [3.8, 4) is 44.5 Å². The third-order valence-electron chi connectivity index (χ3n) is 14.7. The van der Waals surface area contributed by atoms with Crippen molar-refractivity contribution in [1.29, 1.82) is 0 Å². The highest BCUT2D eigenvalue weighted by atomic mass is 16.3. The molecule has 3 heteroatoms. The first-order valence-electron chi connectivity index (χ1n) is 23.5. The van der Waals surface area contributed by atoms with E-state index >= 15 is 0 Å². The number of para-hydroxylation sites is 2. The van der Waals surface area contributed by atoms with E-state index in [1.807, 2.05) is 0 Å². The molecule has 0 unspecified atom stereocenters. The molecule has 68 heavy (non-hydrogen) atoms. The lowest BCUT2D eigenvalue weighted by molar-refractivity contribution is 0.660. The Balaban J connectivity index is 0.861. The fourth-order valence-corrected chi connectivity index (χ4v) is 11.2. The van der Waals surface area contributed by atoms with Crippen molar-refractivity contribution in [1.82, 2.24) is 0 Å². The molecule has 0 bridgehead atoms. The van der Waals surface area contributed by atoms with E-state index in [0.717, 1.165) is 94.0 Å². The molecule has 0 saturated carbocycles. The molecule has 0 atom stereocenters. The van der Waals surface area contributed by atoms with Gasteiger partial charge in [0.2, 0.25) is 0 Å². The molecule has 0 spiro atoms. The molecule has 11 aromatic carbocycles. The number of anilines is 3. The minimum absolute atomic E-state index is 0.0639. The Kier molecular flexibility index (Phi) is 8.33. The van der Waals surface area contributed by atoms with Crippen LogP contribution in [0.1, 0.15) is 25.0 Å². The second-order valence-corrected chi connectivity index (χ2v) is 18.8. The van der Waals surface area contributed by atoms with Gasteiger partial charge in [0, 0.05) is 65.9 Å². The largest absolute Gasteiger partial charge is 0.455 e. The number of furan rings is 2. The van der Waals surface area contributed by atoms with Crippen LogP contribution in [0.5, 0.6) is 0 Å². The monoisotopic (exact) mass is 869 g/mol. The summed E-state index contributed by atoms with van der Waals surface area (Å²) in [7, 11) is 0. The second kappa shape index (κ2) is 14.7. The minimum atomic E-state index is -0.0639. The Morgan fingerprint density at radius 1 is 0.294 bits per heavy atom. The van der Waals surface area contributed by atoms with Gasteiger partial charge in [-0.2, -0.15) is 0 Å². The number of benzene rings is 11. The quantitative estimate of drug-likeness (QED) is 0.167. The topological polar surface area (TPSA) is 29.5 Å². The highest BCUT2D eigenvalue weighted by molar-refractivity contribution is 6.18. The molecule has 2 aromatic heterocycles. The maximum absolute atomic E-state index is 6.76. The van der Waals surface area contributed by atoms with Crippen molar-refractivity contribution >= 4 is 82.5 Å². The van der Waals surface area contributed by atoms with Crippen LogP contribution in [-0.4, -0.2) is 0 Å². The standard InChI is InChI=1S/C65H43NO2/c1-65(2)59-20-8-7-15-53(59)54-36-29-45(39-60(54)65)40-21-30-46(31-22-40)66(47-32-23-43(24-33-47)51-16-9-18-55-57-37-27-41-11-3-5-13-49(41)63(57)67-61(51)55)48-34-25-44(26-35-48)52-17-10-19-56-58-38-28-42-12-4-6-14-50(42)64(58)68-62(52)56/h3-39H,1-2H3. The van der Waals surface area contributed by atoms with Crippen LogP contribution in [0.25, 0.3) is 110 Å². The molecule has 14 rings (SSSR count). The number of rotatable bonds is 6. The van der Waals surface area contributed by atoms with Crippen molar-refractivity contribution in [3.05, 3.63) is 236 Å². The van der Waals surface area contributed by atoms with Crippen LogP contribution in [0.15, 0.2) is 233 Å². The molecular weight excluding hydrogens is 827 g/mol. The van der Waals surface area contributed by atoms with Crippen LogP contribution >= 0.6 is 0 Å². The predicted molar refractivity (Wildman–Crippen MR) is 285 cm³/mol. The number of hydrogen-bond acceptors (Lipinski definition) is 3. The normalized spacial score (nSPS) is 13.0. The molecule has 0 saturated heterocycles. The van der Waals surface area contributed by atoms with Gasteiger partial charge < -0.3 is 13.7 Å². The van der Waals surface area contributed by atoms with E-state index in [0.29, 0.717) is 0 Å². The summed E-state index contributed by atoms with van der Waals surface area (Å²) in [5, 5.41) is 9.12. The molecular formula is C65H43NO2. The SMILES string of the molecule is CC1(C)c2ccccc2-c2ccc(-c3ccc(N(c4ccc(-c5cccc6c5oc5c7ccccc7ccc65)cc4)c4ccc(-c5cccc6c5oc5c7ccccc7ccc65)cc4)cc3)cc21. The second-order valence-electron chi connectivity index (χ2n) is 18.8. The van der Waals surface area contributed by atoms with Crippen LogP contribution in [0.4, 0.5) is 17.1 Å². The Morgan fingerprint density at radius 3 is 1.25 bits per heavy atom. The van der Waals surface area contributed by atoms with Gasteiger partial charge in [0.1, 0.15) is 22.3 Å². The molecule has 1 aliphatic carbocycles. The van der Waals surface area contributed by atoms with Crippen LogP contribution in [0, 0.1) is 0 Å². The van der Waals surface area contributed by atoms with Gasteiger partial charge >= 0.3 is 0 Å². The lowest BCUT2D eigenvalue weighted by Gasteiger charge is -2.26. The van der Waals surface area contributed by atoms with Crippen molar-refractivity contribution in [2.75, 3.05) is 4.90 Å². The van der Waals surface area contributed by atoms with Crippen LogP contribution in [0.3, 0.4) is 0 Å². The summed E-state index contributed by atoms with van der Waals surface area (Å²) < 4.78 is 13.5. The zero-order valence-corrected chi connectivity index (χ0v) is 37.6. The molecule has 0 amide bonds. The summed E-state index contributed by atoms with van der Waals surface area (Å²) in [4.78, 5) is 2.35. The van der Waals surface area contributed by atoms with Crippen molar-refractivity contribution in [2.45, 2.75) is 19.3 Å². The third-order valence-corrected chi connectivity index (χ3v) is 14.7. The van der Waals surface area contributed by atoms with E-state index < -0.39 is 0 Å². The summed E-state index contributed by atoms with van der Waals surface area (Å²) in [6.07, 6.45) is 0. The minimum Gasteiger partial charge on any atom is -0.455 e. The van der Waals surface area contributed by atoms with Gasteiger partial charge in [-0.15, -0.1) is 0 Å². The predicted octanol–water partition coefficient (Wildman–Crippen LogP) is 18.6. The van der Waals surface area contributed by atoms with E-state index in [-0.39, 0.29) is 5.41 Å². The maximum atomic E-state index is 6.76. The van der Waals surface area contributed by atoms with Gasteiger partial charge in [0.15, 0.2) is 0 Å². The Hall–Kier alpha value is -8.66. The highest BCUT2D eigenvalue weighted by Gasteiger charge is 2.35. The van der Waals surface area contributed by atoms with Gasteiger partial charge in [-0.25, -0.2) is 0 Å². The van der Waals surface area contributed by atoms with Crippen LogP contribution < -0.4 is 4.90 Å². The Labute approximate surface area is 393 Å². The molecule has 0 radical (unpaired) electrons. The van der Waals surface area contributed by atoms with Crippen LogP contribution in [-0.2, 0) is 5.41 Å². The maximum Gasteiger partial charge on any atom is 0.143 e. The lowest BCUT2D eigenvalue weighted by Crippen LogP contribution is -2.14. The van der Waals surface area contributed by atoms with Crippen LogP contribution in [0.2, 0.25) is 0 Å². The van der Waals surface area contributed by atoms with E-state index in [1.165, 1.54) is 44.2 Å². The van der Waals surface area contributed by atoms with E-state index in [1.54, 1.807) is 0 Å². The zero-order chi connectivity index (χ0) is 45.1. The summed E-state index contributed by atoms with van der Waals surface area (Å²) in [6.45, 7) is 4.69. The molecule has 320 valence electrons.